The van der Waals surface area contributed by atoms with E-state index < -0.39 is 17.7 Å². The lowest BCUT2D eigenvalue weighted by Crippen LogP contribution is -2.36. The Kier molecular flexibility index (Phi) is 5.92. The number of nitrogens with zero attached hydrogens (tertiary/aromatic N) is 1. The van der Waals surface area contributed by atoms with E-state index in [1.165, 1.54) is 12.1 Å². The predicted octanol–water partition coefficient (Wildman–Crippen LogP) is 5.30. The average molecular weight is 447 g/mol. The van der Waals surface area contributed by atoms with Crippen LogP contribution in [0.3, 0.4) is 0 Å². The molecule has 0 saturated carbocycles. The first-order valence-electron chi connectivity index (χ1n) is 7.48. The molecular weight excluding hydrogens is 428 g/mol. The van der Waals surface area contributed by atoms with E-state index in [1.807, 2.05) is 0 Å². The summed E-state index contributed by atoms with van der Waals surface area (Å²) in [5.41, 5.74) is -0.0707. The van der Waals surface area contributed by atoms with E-state index >= 15 is 0 Å². The van der Waals surface area contributed by atoms with Crippen LogP contribution < -0.4 is 0 Å². The number of hydrogen-bond acceptors (Lipinski definition) is 1. The van der Waals surface area contributed by atoms with Crippen LogP contribution in [0.1, 0.15) is 29.5 Å². The number of rotatable bonds is 4. The summed E-state index contributed by atoms with van der Waals surface area (Å²) in [6, 6.07) is 3.72. The molecule has 1 aromatic carbocycles. The van der Waals surface area contributed by atoms with Gasteiger partial charge in [0.05, 0.1) is 4.55 Å². The number of aryl methyl sites for hydroxylation is 1. The molecule has 2 rings (SSSR count). The molecule has 130 valence electrons. The Morgan fingerprint density at radius 2 is 1.74 bits per heavy atom. The van der Waals surface area contributed by atoms with Gasteiger partial charge in [-0.3, -0.25) is 4.90 Å². The molecule has 7 heteroatoms. The number of piperidine rings is 1. The highest BCUT2D eigenvalue weighted by atomic mass is 127. The van der Waals surface area contributed by atoms with Gasteiger partial charge in [-0.05, 0) is 50.8 Å². The van der Waals surface area contributed by atoms with Crippen LogP contribution in [0.4, 0.5) is 22.0 Å². The molecule has 1 aliphatic heterocycles. The summed E-state index contributed by atoms with van der Waals surface area (Å²) in [5, 5.41) is 0. The quantitative estimate of drug-likeness (QED) is 0.262. The number of halogens is 6. The van der Waals surface area contributed by atoms with Gasteiger partial charge in [-0.15, -0.1) is 0 Å². The second-order valence-electron chi connectivity index (χ2n) is 6.12. The minimum Gasteiger partial charge on any atom is -0.294 e. The van der Waals surface area contributed by atoms with Crippen molar-refractivity contribution in [1.29, 1.82) is 0 Å². The molecule has 0 aromatic heterocycles. The van der Waals surface area contributed by atoms with Crippen LogP contribution in [0.15, 0.2) is 18.2 Å². The molecular formula is C16H19F5IN. The van der Waals surface area contributed by atoms with Gasteiger partial charge in [-0.2, -0.15) is 22.0 Å². The Balaban J connectivity index is 2.23. The minimum atomic E-state index is -5.57. The van der Waals surface area contributed by atoms with Gasteiger partial charge in [0, 0.05) is 5.56 Å². The second-order valence-corrected chi connectivity index (χ2v) is 6.80. The maximum Gasteiger partial charge on any atom is 0.458 e. The first-order valence-corrected chi connectivity index (χ1v) is 9.00. The maximum absolute atomic E-state index is 13.8. The lowest BCUT2D eigenvalue weighted by atomic mass is 9.86. The number of hydrogen-bond donors (Lipinski definition) is 0. The Morgan fingerprint density at radius 1 is 1.13 bits per heavy atom. The van der Waals surface area contributed by atoms with Crippen molar-refractivity contribution in [2.24, 2.45) is 5.92 Å². The van der Waals surface area contributed by atoms with Crippen LogP contribution in [-0.4, -0.2) is 28.7 Å². The molecule has 0 unspecified atom stereocenters. The molecule has 1 fully saturated rings. The van der Waals surface area contributed by atoms with Crippen molar-refractivity contribution in [3.8, 4) is 0 Å². The van der Waals surface area contributed by atoms with Gasteiger partial charge in [-0.1, -0.05) is 46.4 Å². The number of benzene rings is 1. The highest BCUT2D eigenvalue weighted by molar-refractivity contribution is 14.1. The van der Waals surface area contributed by atoms with Gasteiger partial charge in [0.25, 0.3) is 0 Å². The predicted molar refractivity (Wildman–Crippen MR) is 88.0 cm³/mol. The lowest BCUT2D eigenvalue weighted by molar-refractivity contribution is -0.289. The summed E-state index contributed by atoms with van der Waals surface area (Å²) in [6.07, 6.45) is -3.64. The number of alkyl halides is 6. The number of likely N-dealkylation sites (tertiary alicyclic amines) is 1. The molecule has 1 heterocycles. The van der Waals surface area contributed by atoms with Crippen molar-refractivity contribution in [3.05, 3.63) is 34.9 Å². The smallest absolute Gasteiger partial charge is 0.294 e. The standard InChI is InChI=1S/C16H19F5IN/c1-11-2-3-14(15(17,18)16(19,20)21)13(8-11)9-12-4-6-23(10-22)7-5-12/h2-3,8,12H,4-7,9-10H2,1H3. The van der Waals surface area contributed by atoms with Gasteiger partial charge in [0.15, 0.2) is 0 Å². The van der Waals surface area contributed by atoms with Crippen LogP contribution in [0, 0.1) is 12.8 Å². The molecule has 0 atom stereocenters. The van der Waals surface area contributed by atoms with Crippen LogP contribution in [-0.2, 0) is 12.3 Å². The summed E-state index contributed by atoms with van der Waals surface area (Å²) in [7, 11) is 0. The topological polar surface area (TPSA) is 3.24 Å². The van der Waals surface area contributed by atoms with E-state index in [9.17, 15) is 22.0 Å². The molecule has 0 radical (unpaired) electrons. The zero-order valence-electron chi connectivity index (χ0n) is 12.8. The van der Waals surface area contributed by atoms with Gasteiger partial charge >= 0.3 is 12.1 Å². The third-order valence-electron chi connectivity index (χ3n) is 4.34. The minimum absolute atomic E-state index is 0.125. The maximum atomic E-state index is 13.8. The normalized spacial score (nSPS) is 18.4. The summed E-state index contributed by atoms with van der Waals surface area (Å²) in [6.45, 7) is 3.44. The van der Waals surface area contributed by atoms with Crippen molar-refractivity contribution in [2.75, 3.05) is 17.6 Å². The fourth-order valence-corrected chi connectivity index (χ4v) is 3.65. The first-order chi connectivity index (χ1) is 10.6. The molecule has 0 bridgehead atoms. The van der Waals surface area contributed by atoms with Crippen LogP contribution in [0.5, 0.6) is 0 Å². The molecule has 0 aliphatic carbocycles. The van der Waals surface area contributed by atoms with Crippen molar-refractivity contribution < 1.29 is 22.0 Å². The monoisotopic (exact) mass is 447 g/mol. The molecule has 0 spiro atoms. The Hall–Kier alpha value is -0.440. The van der Waals surface area contributed by atoms with Gasteiger partial charge in [0.1, 0.15) is 0 Å². The summed E-state index contributed by atoms with van der Waals surface area (Å²) in [4.78, 5) is 2.25. The van der Waals surface area contributed by atoms with E-state index in [0.717, 1.165) is 36.5 Å². The fraction of sp³-hybridized carbons (Fsp3) is 0.625. The summed E-state index contributed by atoms with van der Waals surface area (Å²) >= 11 is 2.27. The Labute approximate surface area is 146 Å². The van der Waals surface area contributed by atoms with E-state index in [0.29, 0.717) is 5.56 Å². The highest BCUT2D eigenvalue weighted by Crippen LogP contribution is 2.45. The van der Waals surface area contributed by atoms with Crippen molar-refractivity contribution in [2.45, 2.75) is 38.3 Å². The van der Waals surface area contributed by atoms with E-state index in [4.69, 9.17) is 0 Å². The molecule has 0 N–H and O–H groups in total. The highest BCUT2D eigenvalue weighted by Gasteiger charge is 2.59. The molecule has 1 saturated heterocycles. The van der Waals surface area contributed by atoms with E-state index in [-0.39, 0.29) is 17.9 Å². The molecule has 1 nitrogen and oxygen atoms in total. The van der Waals surface area contributed by atoms with Gasteiger partial charge < -0.3 is 0 Å². The van der Waals surface area contributed by atoms with Crippen molar-refractivity contribution in [1.82, 2.24) is 4.90 Å². The van der Waals surface area contributed by atoms with Crippen molar-refractivity contribution in [3.63, 3.8) is 0 Å². The molecule has 0 amide bonds. The third kappa shape index (κ3) is 4.35. The van der Waals surface area contributed by atoms with Gasteiger partial charge in [-0.25, -0.2) is 0 Å². The fourth-order valence-electron chi connectivity index (χ4n) is 2.97. The largest absolute Gasteiger partial charge is 0.458 e. The summed E-state index contributed by atoms with van der Waals surface area (Å²) < 4.78 is 66.6. The van der Waals surface area contributed by atoms with Crippen LogP contribution in [0.2, 0.25) is 0 Å². The van der Waals surface area contributed by atoms with Crippen LogP contribution >= 0.6 is 22.6 Å². The zero-order chi connectivity index (χ0) is 17.3. The Bertz CT molecular complexity index is 536. The van der Waals surface area contributed by atoms with Crippen LogP contribution in [0.25, 0.3) is 0 Å². The van der Waals surface area contributed by atoms with Gasteiger partial charge in [0.2, 0.25) is 0 Å². The second kappa shape index (κ2) is 7.21. The van der Waals surface area contributed by atoms with Crippen molar-refractivity contribution >= 4 is 22.6 Å². The lowest BCUT2D eigenvalue weighted by Gasteiger charge is -2.31. The van der Waals surface area contributed by atoms with E-state index in [2.05, 4.69) is 27.5 Å². The first kappa shape index (κ1) is 18.9. The van der Waals surface area contributed by atoms with E-state index in [1.54, 1.807) is 6.92 Å². The SMILES string of the molecule is Cc1ccc(C(F)(F)C(F)(F)F)c(CC2CCN(CI)CC2)c1. The molecule has 1 aliphatic rings. The molecule has 23 heavy (non-hydrogen) atoms. The zero-order valence-corrected chi connectivity index (χ0v) is 14.9. The average Bonchev–Trinajstić information content (AvgIpc) is 2.46. The Morgan fingerprint density at radius 3 is 2.26 bits per heavy atom. The third-order valence-corrected chi connectivity index (χ3v) is 5.30. The summed E-state index contributed by atoms with van der Waals surface area (Å²) in [5.74, 6) is -4.65. The molecule has 1 aromatic rings.